The van der Waals surface area contributed by atoms with Gasteiger partial charge in [-0.1, -0.05) is 25.0 Å². The zero-order valence-electron chi connectivity index (χ0n) is 18.8. The topological polar surface area (TPSA) is 132 Å². The SMILES string of the molecule is CNNC(O)CCCCCCNC(=O)c1ccc(Cc2c[nH]c3ccc([N+](=O)[O-])cc23)cc1. The number of nitrogens with zero attached hydrogens (tertiary/aromatic N) is 1. The smallest absolute Gasteiger partial charge is 0.270 e. The molecule has 1 aromatic heterocycles. The van der Waals surface area contributed by atoms with Gasteiger partial charge in [-0.2, -0.15) is 0 Å². The molecule has 3 rings (SSSR count). The normalized spacial score (nSPS) is 12.1. The number of nitrogens with one attached hydrogen (secondary N) is 4. The molecule has 5 N–H and O–H groups in total. The number of aromatic amines is 1. The Kier molecular flexibility index (Phi) is 8.94. The van der Waals surface area contributed by atoms with Crippen LogP contribution >= 0.6 is 0 Å². The fourth-order valence-corrected chi connectivity index (χ4v) is 3.78. The van der Waals surface area contributed by atoms with Crippen LogP contribution in [0.1, 0.15) is 53.6 Å². The number of aromatic nitrogens is 1. The lowest BCUT2D eigenvalue weighted by atomic mass is 10.0. The van der Waals surface area contributed by atoms with Crippen LogP contribution in [0.4, 0.5) is 5.69 Å². The summed E-state index contributed by atoms with van der Waals surface area (Å²) in [4.78, 5) is 26.2. The lowest BCUT2D eigenvalue weighted by molar-refractivity contribution is -0.384. The molecule has 176 valence electrons. The third-order valence-corrected chi connectivity index (χ3v) is 5.57. The van der Waals surface area contributed by atoms with Gasteiger partial charge in [-0.3, -0.25) is 20.3 Å². The van der Waals surface area contributed by atoms with Gasteiger partial charge in [0.1, 0.15) is 6.23 Å². The second-order valence-electron chi connectivity index (χ2n) is 8.04. The number of unbranched alkanes of at least 4 members (excludes halogenated alkanes) is 3. The van der Waals surface area contributed by atoms with Crippen LogP contribution in [0.5, 0.6) is 0 Å². The van der Waals surface area contributed by atoms with Crippen molar-refractivity contribution in [1.82, 2.24) is 21.2 Å². The highest BCUT2D eigenvalue weighted by molar-refractivity contribution is 5.94. The summed E-state index contributed by atoms with van der Waals surface area (Å²) in [7, 11) is 1.72. The number of aliphatic hydroxyl groups excluding tert-OH is 1. The van der Waals surface area contributed by atoms with Gasteiger partial charge in [-0.15, -0.1) is 0 Å². The molecule has 0 radical (unpaired) electrons. The van der Waals surface area contributed by atoms with E-state index in [9.17, 15) is 20.0 Å². The van der Waals surface area contributed by atoms with Crippen molar-refractivity contribution in [3.8, 4) is 0 Å². The molecule has 0 fully saturated rings. The number of non-ortho nitro benzene ring substituents is 1. The molecular formula is C24H31N5O4. The molecule has 9 nitrogen and oxygen atoms in total. The van der Waals surface area contributed by atoms with Crippen LogP contribution in [0.3, 0.4) is 0 Å². The molecular weight excluding hydrogens is 422 g/mol. The molecule has 0 aliphatic rings. The summed E-state index contributed by atoms with van der Waals surface area (Å²) in [6.45, 7) is 0.617. The number of carbonyl (C=O) groups excluding carboxylic acids is 1. The average Bonchev–Trinajstić information content (AvgIpc) is 3.21. The lowest BCUT2D eigenvalue weighted by Gasteiger charge is -2.11. The minimum atomic E-state index is -0.535. The fourth-order valence-electron chi connectivity index (χ4n) is 3.78. The Morgan fingerprint density at radius 3 is 2.61 bits per heavy atom. The standard InChI is InChI=1S/C24H31N5O4/c1-25-28-23(30)6-4-2-3-5-13-26-24(31)18-9-7-17(8-10-18)14-19-16-27-22-12-11-20(29(32)33)15-21(19)22/h7-12,15-16,23,25,27-28,30H,2-6,13-14H2,1H3,(H,26,31). The number of fused-ring (bicyclic) bond motifs is 1. The number of hydrogen-bond donors (Lipinski definition) is 5. The second kappa shape index (κ2) is 12.1. The van der Waals surface area contributed by atoms with Gasteiger partial charge in [0.25, 0.3) is 11.6 Å². The highest BCUT2D eigenvalue weighted by atomic mass is 16.6. The van der Waals surface area contributed by atoms with Gasteiger partial charge in [0.15, 0.2) is 0 Å². The van der Waals surface area contributed by atoms with E-state index in [0.29, 0.717) is 24.9 Å². The van der Waals surface area contributed by atoms with Gasteiger partial charge in [0.05, 0.1) is 4.92 Å². The van der Waals surface area contributed by atoms with Gasteiger partial charge < -0.3 is 15.4 Å². The van der Waals surface area contributed by atoms with Crippen molar-refractivity contribution >= 4 is 22.5 Å². The lowest BCUT2D eigenvalue weighted by Crippen LogP contribution is -2.37. The van der Waals surface area contributed by atoms with E-state index < -0.39 is 11.2 Å². The first-order chi connectivity index (χ1) is 16.0. The summed E-state index contributed by atoms with van der Waals surface area (Å²) in [5, 5.41) is 24.4. The van der Waals surface area contributed by atoms with Crippen molar-refractivity contribution in [3.63, 3.8) is 0 Å². The maximum absolute atomic E-state index is 12.4. The third-order valence-electron chi connectivity index (χ3n) is 5.57. The second-order valence-corrected chi connectivity index (χ2v) is 8.04. The largest absolute Gasteiger partial charge is 0.377 e. The molecule has 0 saturated carbocycles. The Morgan fingerprint density at radius 1 is 1.12 bits per heavy atom. The van der Waals surface area contributed by atoms with Gasteiger partial charge in [-0.25, -0.2) is 5.43 Å². The Bertz CT molecular complexity index is 1060. The molecule has 3 aromatic rings. The number of hydrazine groups is 1. The third kappa shape index (κ3) is 7.11. The van der Waals surface area contributed by atoms with Crippen LogP contribution in [-0.2, 0) is 6.42 Å². The first kappa shape index (κ1) is 24.4. The molecule has 1 heterocycles. The van der Waals surface area contributed by atoms with Crippen LogP contribution in [-0.4, -0.2) is 40.7 Å². The van der Waals surface area contributed by atoms with E-state index in [-0.39, 0.29) is 11.6 Å². The minimum absolute atomic E-state index is 0.0683. The zero-order chi connectivity index (χ0) is 23.6. The van der Waals surface area contributed by atoms with E-state index in [4.69, 9.17) is 0 Å². The van der Waals surface area contributed by atoms with Crippen molar-refractivity contribution in [2.45, 2.75) is 44.8 Å². The number of carbonyl (C=O) groups is 1. The molecule has 0 aliphatic carbocycles. The molecule has 33 heavy (non-hydrogen) atoms. The first-order valence-corrected chi connectivity index (χ1v) is 11.2. The van der Waals surface area contributed by atoms with Gasteiger partial charge in [-0.05, 0) is 62.1 Å². The minimum Gasteiger partial charge on any atom is -0.377 e. The average molecular weight is 454 g/mol. The molecule has 1 atom stereocenters. The van der Waals surface area contributed by atoms with E-state index in [1.165, 1.54) is 6.07 Å². The van der Waals surface area contributed by atoms with Crippen LogP contribution in [0, 0.1) is 10.1 Å². The summed E-state index contributed by atoms with van der Waals surface area (Å²) >= 11 is 0. The fraction of sp³-hybridized carbons (Fsp3) is 0.375. The number of rotatable bonds is 13. The summed E-state index contributed by atoms with van der Waals surface area (Å²) < 4.78 is 0. The zero-order valence-corrected chi connectivity index (χ0v) is 18.8. The molecule has 1 unspecified atom stereocenters. The van der Waals surface area contributed by atoms with E-state index in [1.807, 2.05) is 18.3 Å². The number of nitro benzene ring substituents is 1. The first-order valence-electron chi connectivity index (χ1n) is 11.2. The molecule has 0 aliphatic heterocycles. The summed E-state index contributed by atoms with van der Waals surface area (Å²) in [5.74, 6) is -0.0992. The predicted molar refractivity (Wildman–Crippen MR) is 128 cm³/mol. The monoisotopic (exact) mass is 453 g/mol. The van der Waals surface area contributed by atoms with E-state index >= 15 is 0 Å². The van der Waals surface area contributed by atoms with Gasteiger partial charge in [0, 0.05) is 41.3 Å². The van der Waals surface area contributed by atoms with Crippen molar-refractivity contribution in [2.75, 3.05) is 13.6 Å². The number of amides is 1. The van der Waals surface area contributed by atoms with E-state index in [0.717, 1.165) is 47.7 Å². The predicted octanol–water partition coefficient (Wildman–Crippen LogP) is 3.39. The highest BCUT2D eigenvalue weighted by Crippen LogP contribution is 2.25. The number of aliphatic hydroxyl groups is 1. The van der Waals surface area contributed by atoms with Crippen molar-refractivity contribution in [2.24, 2.45) is 0 Å². The Morgan fingerprint density at radius 2 is 1.88 bits per heavy atom. The van der Waals surface area contributed by atoms with Gasteiger partial charge in [0.2, 0.25) is 0 Å². The van der Waals surface area contributed by atoms with Crippen LogP contribution in [0.15, 0.2) is 48.7 Å². The summed E-state index contributed by atoms with van der Waals surface area (Å²) in [6, 6.07) is 12.2. The quantitative estimate of drug-likeness (QED) is 0.117. The molecule has 0 bridgehead atoms. The maximum Gasteiger partial charge on any atom is 0.270 e. The molecule has 0 saturated heterocycles. The summed E-state index contributed by atoms with van der Waals surface area (Å²) in [6.07, 6.45) is 6.45. The van der Waals surface area contributed by atoms with E-state index in [2.05, 4.69) is 21.2 Å². The molecule has 2 aromatic carbocycles. The number of nitro groups is 1. The van der Waals surface area contributed by atoms with Crippen molar-refractivity contribution < 1.29 is 14.8 Å². The van der Waals surface area contributed by atoms with Crippen LogP contribution < -0.4 is 16.2 Å². The maximum atomic E-state index is 12.4. The van der Waals surface area contributed by atoms with Gasteiger partial charge >= 0.3 is 0 Å². The summed E-state index contributed by atoms with van der Waals surface area (Å²) in [5.41, 5.74) is 8.97. The number of benzene rings is 2. The Labute approximate surface area is 192 Å². The van der Waals surface area contributed by atoms with Crippen molar-refractivity contribution in [3.05, 3.63) is 75.5 Å². The van der Waals surface area contributed by atoms with Crippen molar-refractivity contribution in [1.29, 1.82) is 0 Å². The van der Waals surface area contributed by atoms with E-state index in [1.54, 1.807) is 31.3 Å². The van der Waals surface area contributed by atoms with Crippen LogP contribution in [0.25, 0.3) is 10.9 Å². The Hall–Kier alpha value is -3.27. The van der Waals surface area contributed by atoms with Crippen LogP contribution in [0.2, 0.25) is 0 Å². The molecule has 0 spiro atoms. The Balaban J connectivity index is 1.44. The molecule has 1 amide bonds. The molecule has 9 heteroatoms. The number of hydrogen-bond acceptors (Lipinski definition) is 6. The highest BCUT2D eigenvalue weighted by Gasteiger charge is 2.11. The number of H-pyrrole nitrogens is 1.